The average Bonchev–Trinajstić information content (AvgIpc) is 2.84. The van der Waals surface area contributed by atoms with E-state index in [1.807, 2.05) is 0 Å². The highest BCUT2D eigenvalue weighted by atomic mass is 32.1. The lowest BCUT2D eigenvalue weighted by atomic mass is 10.2. The Labute approximate surface area is 121 Å². The summed E-state index contributed by atoms with van der Waals surface area (Å²) >= 11 is 1.36. The van der Waals surface area contributed by atoms with Gasteiger partial charge < -0.3 is 5.32 Å². The number of nitriles is 1. The van der Waals surface area contributed by atoms with Crippen molar-refractivity contribution >= 4 is 32.7 Å². The summed E-state index contributed by atoms with van der Waals surface area (Å²) in [6.07, 6.45) is 3.22. The van der Waals surface area contributed by atoms with Gasteiger partial charge in [0, 0.05) is 6.54 Å². The number of fused-ring (bicyclic) bond motifs is 1. The molecule has 0 atom stereocenters. The number of unbranched alkanes of at least 4 members (excludes halogenated alkanes) is 2. The minimum atomic E-state index is -0.235. The Hall–Kier alpha value is -2.13. The molecule has 0 aliphatic carbocycles. The molecule has 0 fully saturated rings. The zero-order valence-electron chi connectivity index (χ0n) is 11.3. The molecule has 20 heavy (non-hydrogen) atoms. The van der Waals surface area contributed by atoms with Gasteiger partial charge >= 0.3 is 6.03 Å². The maximum atomic E-state index is 11.7. The van der Waals surface area contributed by atoms with Crippen LogP contribution in [0.5, 0.6) is 0 Å². The number of urea groups is 1. The van der Waals surface area contributed by atoms with Gasteiger partial charge in [0.15, 0.2) is 5.13 Å². The van der Waals surface area contributed by atoms with Gasteiger partial charge in [0.05, 0.1) is 21.8 Å². The second kappa shape index (κ2) is 6.87. The summed E-state index contributed by atoms with van der Waals surface area (Å²) in [7, 11) is 0. The van der Waals surface area contributed by atoms with Crippen molar-refractivity contribution in [3.8, 4) is 6.07 Å². The smallest absolute Gasteiger partial charge is 0.321 e. The summed E-state index contributed by atoms with van der Waals surface area (Å²) < 4.78 is 0.894. The number of amides is 2. The van der Waals surface area contributed by atoms with Crippen LogP contribution in [0.1, 0.15) is 31.7 Å². The topological polar surface area (TPSA) is 77.8 Å². The molecule has 2 aromatic rings. The number of thiazole rings is 1. The maximum absolute atomic E-state index is 11.7. The van der Waals surface area contributed by atoms with Crippen LogP contribution in [0.25, 0.3) is 10.2 Å². The molecule has 0 bridgehead atoms. The van der Waals surface area contributed by atoms with Crippen LogP contribution >= 0.6 is 11.3 Å². The van der Waals surface area contributed by atoms with Gasteiger partial charge in [-0.2, -0.15) is 5.26 Å². The number of nitrogens with zero attached hydrogens (tertiary/aromatic N) is 2. The molecule has 5 nitrogen and oxygen atoms in total. The normalized spacial score (nSPS) is 10.2. The lowest BCUT2D eigenvalue weighted by molar-refractivity contribution is 0.252. The van der Waals surface area contributed by atoms with E-state index in [-0.39, 0.29) is 6.03 Å². The Kier molecular flexibility index (Phi) is 4.91. The van der Waals surface area contributed by atoms with Crippen LogP contribution < -0.4 is 10.6 Å². The highest BCUT2D eigenvalue weighted by Crippen LogP contribution is 2.26. The SMILES string of the molecule is CCCCCNC(=O)Nc1nc2ccc(C#N)cc2s1. The van der Waals surface area contributed by atoms with E-state index in [1.165, 1.54) is 11.3 Å². The Balaban J connectivity index is 1.96. The molecule has 1 aromatic carbocycles. The lowest BCUT2D eigenvalue weighted by Crippen LogP contribution is -2.29. The molecule has 6 heteroatoms. The fourth-order valence-corrected chi connectivity index (χ4v) is 2.67. The van der Waals surface area contributed by atoms with Crippen molar-refractivity contribution in [2.75, 3.05) is 11.9 Å². The summed E-state index contributed by atoms with van der Waals surface area (Å²) in [5, 5.41) is 14.9. The van der Waals surface area contributed by atoms with Gasteiger partial charge in [0.1, 0.15) is 0 Å². The molecule has 0 unspecified atom stereocenters. The van der Waals surface area contributed by atoms with Crippen molar-refractivity contribution in [1.82, 2.24) is 10.3 Å². The summed E-state index contributed by atoms with van der Waals surface area (Å²) in [6.45, 7) is 2.79. The Morgan fingerprint density at radius 2 is 2.30 bits per heavy atom. The molecule has 2 N–H and O–H groups in total. The molecule has 2 rings (SSSR count). The van der Waals surface area contributed by atoms with Crippen molar-refractivity contribution in [2.24, 2.45) is 0 Å². The monoisotopic (exact) mass is 288 g/mol. The molecule has 0 saturated heterocycles. The van der Waals surface area contributed by atoms with Crippen LogP contribution in [0.3, 0.4) is 0 Å². The number of carbonyl (C=O) groups excluding carboxylic acids is 1. The first kappa shape index (κ1) is 14.3. The van der Waals surface area contributed by atoms with Crippen LogP contribution in [0, 0.1) is 11.3 Å². The van der Waals surface area contributed by atoms with E-state index in [1.54, 1.807) is 18.2 Å². The van der Waals surface area contributed by atoms with E-state index in [0.29, 0.717) is 17.2 Å². The standard InChI is InChI=1S/C14H16N4OS/c1-2-3-4-7-16-13(19)18-14-17-11-6-5-10(9-15)8-12(11)20-14/h5-6,8H,2-4,7H2,1H3,(H2,16,17,18,19). The van der Waals surface area contributed by atoms with E-state index >= 15 is 0 Å². The van der Waals surface area contributed by atoms with E-state index in [4.69, 9.17) is 5.26 Å². The van der Waals surface area contributed by atoms with Crippen LogP contribution in [0.2, 0.25) is 0 Å². The van der Waals surface area contributed by atoms with Crippen molar-refractivity contribution < 1.29 is 4.79 Å². The third-order valence-corrected chi connectivity index (χ3v) is 3.74. The molecule has 0 aliphatic heterocycles. The molecule has 0 spiro atoms. The maximum Gasteiger partial charge on any atom is 0.321 e. The Morgan fingerprint density at radius 1 is 1.45 bits per heavy atom. The molecule has 0 aliphatic rings. The van der Waals surface area contributed by atoms with Crippen molar-refractivity contribution in [3.05, 3.63) is 23.8 Å². The second-order valence-electron chi connectivity index (χ2n) is 4.40. The van der Waals surface area contributed by atoms with Gasteiger partial charge in [-0.3, -0.25) is 5.32 Å². The first-order valence-electron chi connectivity index (χ1n) is 6.58. The average molecular weight is 288 g/mol. The summed E-state index contributed by atoms with van der Waals surface area (Å²) in [6, 6.07) is 7.13. The largest absolute Gasteiger partial charge is 0.338 e. The predicted octanol–water partition coefficient (Wildman–Crippen LogP) is 3.48. The van der Waals surface area contributed by atoms with Gasteiger partial charge in [-0.25, -0.2) is 9.78 Å². The van der Waals surface area contributed by atoms with Gasteiger partial charge in [0.25, 0.3) is 0 Å². The van der Waals surface area contributed by atoms with E-state index in [9.17, 15) is 4.79 Å². The van der Waals surface area contributed by atoms with Crippen LogP contribution in [-0.2, 0) is 0 Å². The summed E-state index contributed by atoms with van der Waals surface area (Å²) in [4.78, 5) is 16.0. The molecule has 0 radical (unpaired) electrons. The minimum Gasteiger partial charge on any atom is -0.338 e. The quantitative estimate of drug-likeness (QED) is 0.827. The first-order valence-corrected chi connectivity index (χ1v) is 7.40. The number of carbonyl (C=O) groups is 1. The Bertz CT molecular complexity index is 644. The van der Waals surface area contributed by atoms with E-state index in [2.05, 4.69) is 28.6 Å². The summed E-state index contributed by atoms with van der Waals surface area (Å²) in [5.74, 6) is 0. The van der Waals surface area contributed by atoms with Gasteiger partial charge in [0.2, 0.25) is 0 Å². The lowest BCUT2D eigenvalue weighted by Gasteiger charge is -2.04. The molecule has 0 saturated carbocycles. The molecule has 104 valence electrons. The number of aromatic nitrogens is 1. The zero-order chi connectivity index (χ0) is 14.4. The fourth-order valence-electron chi connectivity index (χ4n) is 1.77. The number of hydrogen-bond donors (Lipinski definition) is 2. The van der Waals surface area contributed by atoms with Crippen molar-refractivity contribution in [3.63, 3.8) is 0 Å². The third-order valence-electron chi connectivity index (χ3n) is 2.80. The fraction of sp³-hybridized carbons (Fsp3) is 0.357. The van der Waals surface area contributed by atoms with Gasteiger partial charge in [-0.15, -0.1) is 0 Å². The Morgan fingerprint density at radius 3 is 3.05 bits per heavy atom. The van der Waals surface area contributed by atoms with E-state index in [0.717, 1.165) is 29.5 Å². The molecular weight excluding hydrogens is 272 g/mol. The second-order valence-corrected chi connectivity index (χ2v) is 5.43. The first-order chi connectivity index (χ1) is 9.72. The number of benzene rings is 1. The van der Waals surface area contributed by atoms with Gasteiger partial charge in [-0.05, 0) is 24.6 Å². The van der Waals surface area contributed by atoms with Crippen LogP contribution in [-0.4, -0.2) is 17.6 Å². The zero-order valence-corrected chi connectivity index (χ0v) is 12.1. The molecule has 1 heterocycles. The minimum absolute atomic E-state index is 0.235. The predicted molar refractivity (Wildman–Crippen MR) is 80.9 cm³/mol. The highest BCUT2D eigenvalue weighted by molar-refractivity contribution is 7.22. The number of anilines is 1. The molecule has 2 amide bonds. The van der Waals surface area contributed by atoms with E-state index < -0.39 is 0 Å². The van der Waals surface area contributed by atoms with Crippen LogP contribution in [0.4, 0.5) is 9.93 Å². The van der Waals surface area contributed by atoms with Crippen molar-refractivity contribution in [2.45, 2.75) is 26.2 Å². The number of nitrogens with one attached hydrogen (secondary N) is 2. The number of rotatable bonds is 5. The molecule has 1 aromatic heterocycles. The third kappa shape index (κ3) is 3.68. The van der Waals surface area contributed by atoms with Crippen LogP contribution in [0.15, 0.2) is 18.2 Å². The van der Waals surface area contributed by atoms with Gasteiger partial charge in [-0.1, -0.05) is 31.1 Å². The summed E-state index contributed by atoms with van der Waals surface area (Å²) in [5.41, 5.74) is 1.38. The van der Waals surface area contributed by atoms with Crippen molar-refractivity contribution in [1.29, 1.82) is 5.26 Å². The molecular formula is C14H16N4OS. The highest BCUT2D eigenvalue weighted by Gasteiger charge is 2.07. The number of hydrogen-bond acceptors (Lipinski definition) is 4.